The minimum Gasteiger partial charge on any atom is -0.491 e. The number of benzene rings is 2. The van der Waals surface area contributed by atoms with Gasteiger partial charge in [0.05, 0.1) is 48.6 Å². The van der Waals surface area contributed by atoms with Crippen LogP contribution >= 0.6 is 11.3 Å². The highest BCUT2D eigenvalue weighted by Crippen LogP contribution is 2.33. The van der Waals surface area contributed by atoms with Crippen molar-refractivity contribution < 1.29 is 33.7 Å². The van der Waals surface area contributed by atoms with Gasteiger partial charge in [-0.1, -0.05) is 44.2 Å². The third-order valence-electron chi connectivity index (χ3n) is 8.58. The van der Waals surface area contributed by atoms with E-state index in [4.69, 9.17) is 19.9 Å². The Labute approximate surface area is 285 Å². The van der Waals surface area contributed by atoms with E-state index in [0.717, 1.165) is 27.3 Å². The fraction of sp³-hybridized carbons (Fsp3) is 0.486. The van der Waals surface area contributed by atoms with Crippen molar-refractivity contribution in [3.63, 3.8) is 0 Å². The molecular weight excluding hydrogens is 634 g/mol. The van der Waals surface area contributed by atoms with Crippen molar-refractivity contribution in [3.8, 4) is 16.2 Å². The molecule has 1 aromatic heterocycles. The number of rotatable bonds is 16. The second-order valence-corrected chi connectivity index (χ2v) is 13.2. The number of aryl methyl sites for hydroxylation is 1. The van der Waals surface area contributed by atoms with Crippen LogP contribution in [0.2, 0.25) is 0 Å². The first-order valence-electron chi connectivity index (χ1n) is 16.4. The average molecular weight is 680 g/mol. The quantitative estimate of drug-likeness (QED) is 0.194. The number of likely N-dealkylation sites (tertiary alicyclic amines) is 1. The first kappa shape index (κ1) is 35.4. The Morgan fingerprint density at radius 2 is 1.85 bits per heavy atom. The predicted molar refractivity (Wildman–Crippen MR) is 181 cm³/mol. The van der Waals surface area contributed by atoms with Crippen LogP contribution in [-0.2, 0) is 32.2 Å². The Kier molecular flexibility index (Phi) is 12.2. The summed E-state index contributed by atoms with van der Waals surface area (Å²) in [6.07, 6.45) is -0.749. The molecule has 13 heteroatoms. The molecule has 2 aromatic carbocycles. The molecule has 0 aliphatic carbocycles. The van der Waals surface area contributed by atoms with E-state index in [1.54, 1.807) is 16.5 Å². The van der Waals surface area contributed by atoms with Crippen LogP contribution in [0.25, 0.3) is 10.4 Å². The van der Waals surface area contributed by atoms with Crippen LogP contribution in [-0.4, -0.2) is 102 Å². The zero-order chi connectivity index (χ0) is 34.2. The van der Waals surface area contributed by atoms with Gasteiger partial charge in [0, 0.05) is 43.7 Å². The van der Waals surface area contributed by atoms with Gasteiger partial charge < -0.3 is 40.2 Å². The van der Waals surface area contributed by atoms with Gasteiger partial charge >= 0.3 is 0 Å². The van der Waals surface area contributed by atoms with Crippen molar-refractivity contribution in [2.75, 3.05) is 46.1 Å². The number of thiazole rings is 1. The van der Waals surface area contributed by atoms with Crippen LogP contribution in [0.1, 0.15) is 47.4 Å². The van der Waals surface area contributed by atoms with E-state index in [-0.39, 0.29) is 49.8 Å². The molecule has 4 N–H and O–H groups in total. The normalized spacial score (nSPS) is 18.0. The van der Waals surface area contributed by atoms with Crippen molar-refractivity contribution in [3.05, 3.63) is 70.4 Å². The highest BCUT2D eigenvalue weighted by atomic mass is 32.1. The molecule has 1 saturated heterocycles. The molecule has 0 spiro atoms. The number of β-amino-alcohol motifs (C(OH)–C–C–N with tert-alkyl or cyclic N) is 1. The summed E-state index contributed by atoms with van der Waals surface area (Å²) in [5.74, 6) is -0.541. The molecule has 3 atom stereocenters. The van der Waals surface area contributed by atoms with Gasteiger partial charge in [0.25, 0.3) is 5.91 Å². The number of ether oxygens (including phenoxy) is 3. The first-order chi connectivity index (χ1) is 23.2. The number of aromatic nitrogens is 1. The lowest BCUT2D eigenvalue weighted by molar-refractivity contribution is -0.143. The Hall–Kier alpha value is -3.88. The van der Waals surface area contributed by atoms with Gasteiger partial charge in [-0.2, -0.15) is 0 Å². The summed E-state index contributed by atoms with van der Waals surface area (Å²) >= 11 is 1.54. The summed E-state index contributed by atoms with van der Waals surface area (Å²) in [6, 6.07) is 11.5. The lowest BCUT2D eigenvalue weighted by atomic mass is 10.0. The molecule has 258 valence electrons. The number of hydrogen-bond acceptors (Lipinski definition) is 10. The van der Waals surface area contributed by atoms with E-state index in [2.05, 4.69) is 10.3 Å². The molecule has 3 aromatic rings. The third kappa shape index (κ3) is 8.21. The molecule has 12 nitrogen and oxygen atoms in total. The highest BCUT2D eigenvalue weighted by molar-refractivity contribution is 7.13. The summed E-state index contributed by atoms with van der Waals surface area (Å²) in [4.78, 5) is 49.5. The number of aliphatic hydroxyl groups is 1. The largest absolute Gasteiger partial charge is 0.491 e. The molecular formula is C35H45N5O7S. The summed E-state index contributed by atoms with van der Waals surface area (Å²) in [5, 5.41) is 13.6. The fourth-order valence-corrected chi connectivity index (χ4v) is 7.03. The molecule has 3 heterocycles. The SMILES string of the molecule is Cc1ncsc1-c1ccc(CNC(=O)[C@H]2C[C@H](O)CN2C(=O)[C@@H](C(C)C)N2Cc3ccccc3C2=O)c(OCCOCCOCCN)c1. The van der Waals surface area contributed by atoms with Crippen molar-refractivity contribution in [2.45, 2.75) is 58.5 Å². The van der Waals surface area contributed by atoms with Crippen molar-refractivity contribution in [1.82, 2.24) is 20.1 Å². The Bertz CT molecular complexity index is 1580. The van der Waals surface area contributed by atoms with Crippen molar-refractivity contribution >= 4 is 29.1 Å². The summed E-state index contributed by atoms with van der Waals surface area (Å²) < 4.78 is 17.1. The second kappa shape index (κ2) is 16.5. The van der Waals surface area contributed by atoms with Crippen molar-refractivity contribution in [2.24, 2.45) is 11.7 Å². The molecule has 1 fully saturated rings. The van der Waals surface area contributed by atoms with Crippen LogP contribution in [0, 0.1) is 12.8 Å². The van der Waals surface area contributed by atoms with Gasteiger partial charge in [0.2, 0.25) is 11.8 Å². The second-order valence-electron chi connectivity index (χ2n) is 12.3. The number of aliphatic hydroxyl groups excluding tert-OH is 1. The van der Waals surface area contributed by atoms with Crippen molar-refractivity contribution in [1.29, 1.82) is 0 Å². The van der Waals surface area contributed by atoms with E-state index < -0.39 is 18.2 Å². The van der Waals surface area contributed by atoms with Gasteiger partial charge in [0.15, 0.2) is 0 Å². The molecule has 5 rings (SSSR count). The number of fused-ring (bicyclic) bond motifs is 1. The predicted octanol–water partition coefficient (Wildman–Crippen LogP) is 2.75. The molecule has 3 amide bonds. The topological polar surface area (TPSA) is 157 Å². The minimum absolute atomic E-state index is 0.0175. The van der Waals surface area contributed by atoms with Gasteiger partial charge in [-0.15, -0.1) is 11.3 Å². The Balaban J connectivity index is 1.26. The molecule has 0 unspecified atom stereocenters. The van der Waals surface area contributed by atoms with E-state index in [0.29, 0.717) is 50.8 Å². The number of hydrogen-bond donors (Lipinski definition) is 3. The Morgan fingerprint density at radius 3 is 2.56 bits per heavy atom. The fourth-order valence-electron chi connectivity index (χ4n) is 6.23. The number of amides is 3. The molecule has 0 saturated carbocycles. The maximum absolute atomic E-state index is 14.1. The lowest BCUT2D eigenvalue weighted by Gasteiger charge is -2.35. The van der Waals surface area contributed by atoms with Crippen LogP contribution in [0.5, 0.6) is 5.75 Å². The van der Waals surface area contributed by atoms with E-state index in [1.807, 2.05) is 57.2 Å². The zero-order valence-electron chi connectivity index (χ0n) is 27.7. The summed E-state index contributed by atoms with van der Waals surface area (Å²) in [7, 11) is 0. The first-order valence-corrected chi connectivity index (χ1v) is 17.2. The zero-order valence-corrected chi connectivity index (χ0v) is 28.5. The molecule has 2 aliphatic rings. The molecule has 2 aliphatic heterocycles. The summed E-state index contributed by atoms with van der Waals surface area (Å²) in [6.45, 7) is 8.66. The van der Waals surface area contributed by atoms with Crippen LogP contribution in [0.3, 0.4) is 0 Å². The third-order valence-corrected chi connectivity index (χ3v) is 9.56. The number of nitrogens with two attached hydrogens (primary N) is 1. The average Bonchev–Trinajstić information content (AvgIpc) is 3.78. The molecule has 0 radical (unpaired) electrons. The van der Waals surface area contributed by atoms with E-state index in [1.165, 1.54) is 16.2 Å². The maximum Gasteiger partial charge on any atom is 0.255 e. The minimum atomic E-state index is -0.882. The number of carbonyl (C=O) groups is 3. The van der Waals surface area contributed by atoms with Crippen LogP contribution < -0.4 is 15.8 Å². The monoisotopic (exact) mass is 679 g/mol. The van der Waals surface area contributed by atoms with Crippen LogP contribution in [0.15, 0.2) is 48.0 Å². The van der Waals surface area contributed by atoms with Gasteiger partial charge in [-0.05, 0) is 36.1 Å². The van der Waals surface area contributed by atoms with Gasteiger partial charge in [-0.25, -0.2) is 4.98 Å². The van der Waals surface area contributed by atoms with E-state index >= 15 is 0 Å². The van der Waals surface area contributed by atoms with Gasteiger partial charge in [0.1, 0.15) is 24.4 Å². The molecule has 0 bridgehead atoms. The summed E-state index contributed by atoms with van der Waals surface area (Å²) in [5.41, 5.74) is 11.3. The molecule has 48 heavy (non-hydrogen) atoms. The smallest absolute Gasteiger partial charge is 0.255 e. The van der Waals surface area contributed by atoms with E-state index in [9.17, 15) is 19.5 Å². The van der Waals surface area contributed by atoms with Gasteiger partial charge in [-0.3, -0.25) is 14.4 Å². The number of nitrogens with one attached hydrogen (secondary N) is 1. The maximum atomic E-state index is 14.1. The number of carbonyl (C=O) groups excluding carboxylic acids is 3. The highest BCUT2D eigenvalue weighted by Gasteiger charge is 2.45. The number of nitrogens with zero attached hydrogens (tertiary/aromatic N) is 3. The Morgan fingerprint density at radius 1 is 1.10 bits per heavy atom. The van der Waals surface area contributed by atoms with Crippen LogP contribution in [0.4, 0.5) is 0 Å². The lowest BCUT2D eigenvalue weighted by Crippen LogP contribution is -2.55. The standard InChI is InChI=1S/C35H45N5O7S/c1-22(2)31(40-19-26-6-4-5-7-28(26)34(40)43)35(44)39-20-27(41)17-29(39)33(42)37-18-25-9-8-24(32-23(3)38-21-48-32)16-30(25)47-15-14-46-13-12-45-11-10-36/h4-9,16,21-22,27,29,31,41H,10-15,17-20,36H2,1-3H3,(H,37,42)/t27-,29+,31+/m0/s1.